The fourth-order valence-electron chi connectivity index (χ4n) is 1.47. The molecule has 0 aliphatic heterocycles. The van der Waals surface area contributed by atoms with Gasteiger partial charge in [-0.15, -0.1) is 0 Å². The Kier molecular flexibility index (Phi) is 10.0. The molecule has 0 fully saturated rings. The van der Waals surface area contributed by atoms with E-state index in [1.807, 2.05) is 13.8 Å². The molecule has 0 aromatic carbocycles. The first-order valence-electron chi connectivity index (χ1n) is 7.32. The molecule has 0 saturated carbocycles. The first-order chi connectivity index (χ1) is 11.0. The van der Waals surface area contributed by atoms with Crippen LogP contribution in [0.2, 0.25) is 0 Å². The molecule has 0 bridgehead atoms. The van der Waals surface area contributed by atoms with Crippen LogP contribution < -0.4 is 5.32 Å². The fraction of sp³-hybridized carbons (Fsp3) is 0.562. The van der Waals surface area contributed by atoms with Gasteiger partial charge in [-0.1, -0.05) is 27.0 Å². The van der Waals surface area contributed by atoms with Crippen LogP contribution in [-0.4, -0.2) is 38.4 Å². The van der Waals surface area contributed by atoms with Crippen molar-refractivity contribution in [1.29, 1.82) is 0 Å². The maximum atomic E-state index is 12.9. The summed E-state index contributed by atoms with van der Waals surface area (Å²) >= 11 is 0. The summed E-state index contributed by atoms with van der Waals surface area (Å²) in [5, 5.41) is 2.09. The highest BCUT2D eigenvalue weighted by molar-refractivity contribution is 5.76. The summed E-state index contributed by atoms with van der Waals surface area (Å²) in [6.07, 6.45) is -4.92. The van der Waals surface area contributed by atoms with Gasteiger partial charge < -0.3 is 14.8 Å². The van der Waals surface area contributed by atoms with Gasteiger partial charge in [0.2, 0.25) is 5.91 Å². The highest BCUT2D eigenvalue weighted by Crippen LogP contribution is 2.20. The quantitative estimate of drug-likeness (QED) is 0.267. The van der Waals surface area contributed by atoms with E-state index in [2.05, 4.69) is 18.5 Å². The minimum atomic E-state index is -4.53. The number of hydrogen-bond donors (Lipinski definition) is 1. The maximum Gasteiger partial charge on any atom is 0.397 e. The minimum absolute atomic E-state index is 0.0347. The van der Waals surface area contributed by atoms with Crippen LogP contribution in [0.5, 0.6) is 0 Å². The highest BCUT2D eigenvalue weighted by atomic mass is 19.4. The lowest BCUT2D eigenvalue weighted by molar-refractivity contribution is -0.153. The van der Waals surface area contributed by atoms with Crippen LogP contribution in [0.1, 0.15) is 20.3 Å². The second kappa shape index (κ2) is 10.9. The average Bonchev–Trinajstić information content (AvgIpc) is 2.41. The lowest BCUT2D eigenvalue weighted by Gasteiger charge is -2.15. The smallest absolute Gasteiger partial charge is 0.397 e. The molecule has 24 heavy (non-hydrogen) atoms. The zero-order chi connectivity index (χ0) is 18.8. The molecule has 0 aliphatic carbocycles. The van der Waals surface area contributed by atoms with E-state index >= 15 is 0 Å². The third-order valence-electron chi connectivity index (χ3n) is 2.72. The predicted molar refractivity (Wildman–Crippen MR) is 82.8 cm³/mol. The number of carbonyl (C=O) groups is 1. The van der Waals surface area contributed by atoms with Crippen molar-refractivity contribution < 1.29 is 31.8 Å². The Hall–Kier alpha value is -1.83. The summed E-state index contributed by atoms with van der Waals surface area (Å²) in [5.41, 5.74) is 0.605. The van der Waals surface area contributed by atoms with Gasteiger partial charge in [0.1, 0.15) is 24.6 Å². The number of ether oxygens (including phenoxy) is 2. The van der Waals surface area contributed by atoms with Crippen molar-refractivity contribution in [2.75, 3.05) is 26.4 Å². The summed E-state index contributed by atoms with van der Waals surface area (Å²) < 4.78 is 59.1. The standard InChI is InChI=1S/C16H23F4NO3/c1-11(2)13(4)14(9-12(3)17)24-8-7-23-6-5-21-15(22)10-16(18,19)20/h9,11H,3-8,10H2,1-2H3,(H,21,22)/b14-9+. The molecular formula is C16H23F4NO3. The number of allylic oxidation sites excluding steroid dienone is 3. The van der Waals surface area contributed by atoms with E-state index in [1.165, 1.54) is 0 Å². The van der Waals surface area contributed by atoms with Gasteiger partial charge in [0.05, 0.1) is 13.2 Å². The second-order valence-corrected chi connectivity index (χ2v) is 5.24. The maximum absolute atomic E-state index is 12.9. The van der Waals surface area contributed by atoms with Crippen LogP contribution in [0.25, 0.3) is 0 Å². The van der Waals surface area contributed by atoms with Crippen molar-refractivity contribution in [2.24, 2.45) is 5.92 Å². The molecule has 0 aromatic rings. The van der Waals surface area contributed by atoms with Gasteiger partial charge in [0.15, 0.2) is 0 Å². The van der Waals surface area contributed by atoms with Gasteiger partial charge in [-0.2, -0.15) is 13.2 Å². The van der Waals surface area contributed by atoms with Crippen molar-refractivity contribution in [2.45, 2.75) is 26.4 Å². The third-order valence-corrected chi connectivity index (χ3v) is 2.72. The van der Waals surface area contributed by atoms with E-state index in [0.29, 0.717) is 5.57 Å². The largest absolute Gasteiger partial charge is 0.491 e. The summed E-state index contributed by atoms with van der Waals surface area (Å²) in [7, 11) is 0. The van der Waals surface area contributed by atoms with Crippen LogP contribution in [0.4, 0.5) is 17.6 Å². The van der Waals surface area contributed by atoms with Crippen molar-refractivity contribution in [3.63, 3.8) is 0 Å². The summed E-state index contributed by atoms with van der Waals surface area (Å²) in [5.74, 6) is -1.46. The first kappa shape index (κ1) is 22.2. The monoisotopic (exact) mass is 353 g/mol. The third kappa shape index (κ3) is 11.7. The number of alkyl halides is 3. The van der Waals surface area contributed by atoms with Gasteiger partial charge >= 0.3 is 6.18 Å². The lowest BCUT2D eigenvalue weighted by Crippen LogP contribution is -2.31. The van der Waals surface area contributed by atoms with Crippen molar-refractivity contribution >= 4 is 5.91 Å². The van der Waals surface area contributed by atoms with E-state index in [1.54, 1.807) is 0 Å². The zero-order valence-electron chi connectivity index (χ0n) is 13.8. The molecule has 138 valence electrons. The molecule has 0 spiro atoms. The molecule has 0 rings (SSSR count). The second-order valence-electron chi connectivity index (χ2n) is 5.24. The molecule has 1 N–H and O–H groups in total. The van der Waals surface area contributed by atoms with Gasteiger partial charge in [-0.3, -0.25) is 4.79 Å². The highest BCUT2D eigenvalue weighted by Gasteiger charge is 2.30. The molecular weight excluding hydrogens is 330 g/mol. The molecule has 8 heteroatoms. The van der Waals surface area contributed by atoms with Crippen molar-refractivity contribution in [1.82, 2.24) is 5.32 Å². The Morgan fingerprint density at radius 2 is 1.83 bits per heavy atom. The summed E-state index contributed by atoms with van der Waals surface area (Å²) in [6, 6.07) is 0. The van der Waals surface area contributed by atoms with Crippen LogP contribution in [-0.2, 0) is 14.3 Å². The summed E-state index contributed by atoms with van der Waals surface area (Å²) in [4.78, 5) is 10.9. The molecule has 0 heterocycles. The van der Waals surface area contributed by atoms with Crippen molar-refractivity contribution in [3.8, 4) is 0 Å². The Morgan fingerprint density at radius 1 is 1.21 bits per heavy atom. The predicted octanol–water partition coefficient (Wildman–Crippen LogP) is 3.67. The summed E-state index contributed by atoms with van der Waals surface area (Å²) in [6.45, 7) is 10.9. The fourth-order valence-corrected chi connectivity index (χ4v) is 1.47. The van der Waals surface area contributed by atoms with Gasteiger partial charge in [-0.05, 0) is 11.5 Å². The molecule has 0 radical (unpaired) electrons. The average molecular weight is 353 g/mol. The molecule has 0 saturated heterocycles. The van der Waals surface area contributed by atoms with E-state index < -0.39 is 24.3 Å². The topological polar surface area (TPSA) is 47.6 Å². The normalized spacial score (nSPS) is 12.2. The van der Waals surface area contributed by atoms with E-state index in [0.717, 1.165) is 6.08 Å². The lowest BCUT2D eigenvalue weighted by atomic mass is 10.0. The number of nitrogens with one attached hydrogen (secondary N) is 1. The Morgan fingerprint density at radius 3 is 2.33 bits per heavy atom. The Bertz CT molecular complexity index is 470. The van der Waals surface area contributed by atoms with E-state index in [-0.39, 0.29) is 38.0 Å². The number of halogens is 4. The molecule has 1 amide bonds. The van der Waals surface area contributed by atoms with Crippen LogP contribution in [0.3, 0.4) is 0 Å². The molecule has 0 unspecified atom stereocenters. The SMILES string of the molecule is C=C(F)/C=C(/OCCOCCNC(=O)CC(F)(F)F)C(=C)C(C)C. The first-order valence-corrected chi connectivity index (χ1v) is 7.32. The molecule has 4 nitrogen and oxygen atoms in total. The number of rotatable bonds is 11. The van der Waals surface area contributed by atoms with Gasteiger partial charge in [0, 0.05) is 12.6 Å². The van der Waals surface area contributed by atoms with Crippen LogP contribution in [0.15, 0.2) is 36.4 Å². The van der Waals surface area contributed by atoms with Crippen LogP contribution >= 0.6 is 0 Å². The van der Waals surface area contributed by atoms with Gasteiger partial charge in [0.25, 0.3) is 0 Å². The van der Waals surface area contributed by atoms with Gasteiger partial charge in [-0.25, -0.2) is 4.39 Å². The number of carbonyl (C=O) groups excluding carboxylic acids is 1. The zero-order valence-corrected chi connectivity index (χ0v) is 13.8. The van der Waals surface area contributed by atoms with Crippen molar-refractivity contribution in [3.05, 3.63) is 36.4 Å². The Labute approximate surface area is 139 Å². The molecule has 0 aromatic heterocycles. The number of amides is 1. The van der Waals surface area contributed by atoms with Crippen LogP contribution in [0, 0.1) is 5.92 Å². The molecule has 0 aliphatic rings. The Balaban J connectivity index is 3.97. The van der Waals surface area contributed by atoms with E-state index in [4.69, 9.17) is 9.47 Å². The molecule has 0 atom stereocenters. The van der Waals surface area contributed by atoms with E-state index in [9.17, 15) is 22.4 Å². The minimum Gasteiger partial charge on any atom is -0.491 e. The number of hydrogen-bond acceptors (Lipinski definition) is 3.